The molecule has 0 fully saturated rings. The smallest absolute Gasteiger partial charge is 0.126 e. The monoisotopic (exact) mass is 328 g/mol. The van der Waals surface area contributed by atoms with E-state index in [0.29, 0.717) is 11.8 Å². The number of hydrogen-bond acceptors (Lipinski definition) is 4. The predicted molar refractivity (Wildman–Crippen MR) is 94.0 cm³/mol. The second kappa shape index (κ2) is 6.63. The molecule has 0 unspecified atom stereocenters. The SMILES string of the molecule is COc1cc(OC)cc([C@H]2Cc3cc(OC)cc(OC)c3[C@@H]2C)c1. The van der Waals surface area contributed by atoms with Gasteiger partial charge in [0.15, 0.2) is 0 Å². The zero-order chi connectivity index (χ0) is 17.3. The van der Waals surface area contributed by atoms with E-state index in [1.165, 1.54) is 16.7 Å². The van der Waals surface area contributed by atoms with E-state index in [9.17, 15) is 0 Å². The quantitative estimate of drug-likeness (QED) is 0.826. The summed E-state index contributed by atoms with van der Waals surface area (Å²) in [5.41, 5.74) is 3.77. The van der Waals surface area contributed by atoms with Crippen molar-refractivity contribution in [1.29, 1.82) is 0 Å². The molecule has 1 aliphatic carbocycles. The Balaban J connectivity index is 2.03. The molecule has 24 heavy (non-hydrogen) atoms. The molecule has 0 radical (unpaired) electrons. The number of hydrogen-bond donors (Lipinski definition) is 0. The fourth-order valence-electron chi connectivity index (χ4n) is 3.69. The minimum absolute atomic E-state index is 0.345. The highest BCUT2D eigenvalue weighted by molar-refractivity contribution is 5.54. The van der Waals surface area contributed by atoms with Crippen LogP contribution in [0.5, 0.6) is 23.0 Å². The molecule has 0 spiro atoms. The third kappa shape index (κ3) is 2.77. The van der Waals surface area contributed by atoms with Crippen molar-refractivity contribution in [1.82, 2.24) is 0 Å². The van der Waals surface area contributed by atoms with E-state index in [1.807, 2.05) is 12.1 Å². The lowest BCUT2D eigenvalue weighted by Gasteiger charge is -2.19. The summed E-state index contributed by atoms with van der Waals surface area (Å²) in [6.45, 7) is 2.25. The first-order valence-corrected chi connectivity index (χ1v) is 8.09. The lowest BCUT2D eigenvalue weighted by Crippen LogP contribution is -2.04. The number of methoxy groups -OCH3 is 4. The van der Waals surface area contributed by atoms with E-state index in [-0.39, 0.29) is 0 Å². The van der Waals surface area contributed by atoms with Gasteiger partial charge >= 0.3 is 0 Å². The van der Waals surface area contributed by atoms with Gasteiger partial charge in [-0.25, -0.2) is 0 Å². The van der Waals surface area contributed by atoms with Gasteiger partial charge in [-0.3, -0.25) is 0 Å². The minimum Gasteiger partial charge on any atom is -0.497 e. The van der Waals surface area contributed by atoms with Gasteiger partial charge in [0.05, 0.1) is 28.4 Å². The summed E-state index contributed by atoms with van der Waals surface area (Å²) in [4.78, 5) is 0. The van der Waals surface area contributed by atoms with Gasteiger partial charge in [0, 0.05) is 17.7 Å². The van der Waals surface area contributed by atoms with E-state index in [2.05, 4.69) is 25.1 Å². The lowest BCUT2D eigenvalue weighted by molar-refractivity contribution is 0.388. The van der Waals surface area contributed by atoms with Crippen LogP contribution in [0.1, 0.15) is 35.4 Å². The normalized spacial score (nSPS) is 18.9. The van der Waals surface area contributed by atoms with Gasteiger partial charge in [-0.15, -0.1) is 0 Å². The van der Waals surface area contributed by atoms with Gasteiger partial charge in [-0.05, 0) is 47.6 Å². The Labute approximate surface area is 143 Å². The molecule has 2 aromatic rings. The Bertz CT molecular complexity index is 716. The van der Waals surface area contributed by atoms with Crippen LogP contribution in [0.4, 0.5) is 0 Å². The van der Waals surface area contributed by atoms with Crippen molar-refractivity contribution in [2.75, 3.05) is 28.4 Å². The fourth-order valence-corrected chi connectivity index (χ4v) is 3.69. The van der Waals surface area contributed by atoms with Crippen molar-refractivity contribution >= 4 is 0 Å². The van der Waals surface area contributed by atoms with Gasteiger partial charge in [0.25, 0.3) is 0 Å². The maximum absolute atomic E-state index is 5.61. The molecule has 3 rings (SSSR count). The fraction of sp³-hybridized carbons (Fsp3) is 0.400. The standard InChI is InChI=1S/C20H24O4/c1-12-18(13-6-15(21-2)10-16(7-13)22-3)9-14-8-17(23-4)11-19(24-5)20(12)14/h6-8,10-12,18H,9H2,1-5H3/t12-,18+/m1/s1. The van der Waals surface area contributed by atoms with E-state index >= 15 is 0 Å². The minimum atomic E-state index is 0.345. The van der Waals surface area contributed by atoms with Crippen LogP contribution in [-0.2, 0) is 6.42 Å². The first kappa shape index (κ1) is 16.5. The van der Waals surface area contributed by atoms with Crippen molar-refractivity contribution in [2.24, 2.45) is 0 Å². The zero-order valence-electron chi connectivity index (χ0n) is 14.9. The van der Waals surface area contributed by atoms with E-state index in [0.717, 1.165) is 29.4 Å². The largest absolute Gasteiger partial charge is 0.497 e. The molecule has 4 heteroatoms. The first-order chi connectivity index (χ1) is 11.6. The maximum Gasteiger partial charge on any atom is 0.126 e. The molecule has 0 bridgehead atoms. The average Bonchev–Trinajstić information content (AvgIpc) is 2.97. The maximum atomic E-state index is 5.61. The summed E-state index contributed by atoms with van der Waals surface area (Å²) in [6.07, 6.45) is 0.945. The number of fused-ring (bicyclic) bond motifs is 1. The van der Waals surface area contributed by atoms with E-state index in [4.69, 9.17) is 18.9 Å². The molecule has 0 aromatic heterocycles. The predicted octanol–water partition coefficient (Wildman–Crippen LogP) is 4.16. The summed E-state index contributed by atoms with van der Waals surface area (Å²) in [5, 5.41) is 0. The Hall–Kier alpha value is -2.36. The molecular formula is C20H24O4. The van der Waals surface area contributed by atoms with Crippen molar-refractivity contribution in [2.45, 2.75) is 25.2 Å². The van der Waals surface area contributed by atoms with Crippen LogP contribution in [-0.4, -0.2) is 28.4 Å². The molecule has 0 saturated heterocycles. The Morgan fingerprint density at radius 1 is 0.750 bits per heavy atom. The molecule has 128 valence electrons. The van der Waals surface area contributed by atoms with Crippen LogP contribution in [0, 0.1) is 0 Å². The van der Waals surface area contributed by atoms with Gasteiger partial charge in [-0.2, -0.15) is 0 Å². The molecule has 4 nitrogen and oxygen atoms in total. The van der Waals surface area contributed by atoms with Crippen LogP contribution in [0.25, 0.3) is 0 Å². The highest BCUT2D eigenvalue weighted by Crippen LogP contribution is 2.49. The van der Waals surface area contributed by atoms with Gasteiger partial charge in [0.1, 0.15) is 23.0 Å². The molecule has 0 N–H and O–H groups in total. The van der Waals surface area contributed by atoms with E-state index < -0.39 is 0 Å². The van der Waals surface area contributed by atoms with E-state index in [1.54, 1.807) is 28.4 Å². The summed E-state index contributed by atoms with van der Waals surface area (Å²) >= 11 is 0. The second-order valence-corrected chi connectivity index (χ2v) is 6.15. The van der Waals surface area contributed by atoms with Gasteiger partial charge in [-0.1, -0.05) is 6.92 Å². The first-order valence-electron chi connectivity index (χ1n) is 8.09. The molecule has 0 saturated carbocycles. The Morgan fingerprint density at radius 2 is 1.33 bits per heavy atom. The highest BCUT2D eigenvalue weighted by Gasteiger charge is 2.34. The van der Waals surface area contributed by atoms with Crippen LogP contribution >= 0.6 is 0 Å². The van der Waals surface area contributed by atoms with Crippen molar-refractivity contribution in [3.8, 4) is 23.0 Å². The number of ether oxygens (including phenoxy) is 4. The molecule has 0 aliphatic heterocycles. The van der Waals surface area contributed by atoms with Crippen LogP contribution in [0.15, 0.2) is 30.3 Å². The van der Waals surface area contributed by atoms with Crippen molar-refractivity contribution in [3.63, 3.8) is 0 Å². The van der Waals surface area contributed by atoms with Crippen LogP contribution in [0.3, 0.4) is 0 Å². The molecular weight excluding hydrogens is 304 g/mol. The second-order valence-electron chi connectivity index (χ2n) is 6.15. The number of rotatable bonds is 5. The molecule has 2 atom stereocenters. The van der Waals surface area contributed by atoms with Crippen LogP contribution in [0.2, 0.25) is 0 Å². The Kier molecular flexibility index (Phi) is 4.56. The van der Waals surface area contributed by atoms with Gasteiger partial charge in [0.2, 0.25) is 0 Å². The summed E-state index contributed by atoms with van der Waals surface area (Å²) in [6, 6.07) is 10.2. The molecule has 1 aliphatic rings. The third-order valence-electron chi connectivity index (χ3n) is 4.96. The van der Waals surface area contributed by atoms with Crippen molar-refractivity contribution < 1.29 is 18.9 Å². The average molecular weight is 328 g/mol. The molecule has 2 aromatic carbocycles. The van der Waals surface area contributed by atoms with Gasteiger partial charge < -0.3 is 18.9 Å². The summed E-state index contributed by atoms with van der Waals surface area (Å²) < 4.78 is 21.9. The highest BCUT2D eigenvalue weighted by atomic mass is 16.5. The number of benzene rings is 2. The summed E-state index contributed by atoms with van der Waals surface area (Å²) in [7, 11) is 6.76. The molecule has 0 amide bonds. The summed E-state index contributed by atoms with van der Waals surface area (Å²) in [5.74, 6) is 4.06. The topological polar surface area (TPSA) is 36.9 Å². The lowest BCUT2D eigenvalue weighted by atomic mass is 9.87. The molecule has 0 heterocycles. The van der Waals surface area contributed by atoms with Crippen LogP contribution < -0.4 is 18.9 Å². The Morgan fingerprint density at radius 3 is 1.88 bits per heavy atom. The zero-order valence-corrected chi connectivity index (χ0v) is 14.9. The van der Waals surface area contributed by atoms with Crippen molar-refractivity contribution in [3.05, 3.63) is 47.0 Å². The third-order valence-corrected chi connectivity index (χ3v) is 4.96.